The molecule has 25 heavy (non-hydrogen) atoms. The molecule has 0 aliphatic rings. The molecular formula is C21H14N4. The zero-order valence-corrected chi connectivity index (χ0v) is 13.3. The number of fused-ring (bicyclic) bond motifs is 1. The lowest BCUT2D eigenvalue weighted by Crippen LogP contribution is -1.98. The van der Waals surface area contributed by atoms with Crippen molar-refractivity contribution in [3.8, 4) is 22.5 Å². The number of nitrogens with two attached hydrogens (primary N) is 1. The summed E-state index contributed by atoms with van der Waals surface area (Å²) in [6.45, 7) is 7.30. The Labute approximate surface area is 145 Å². The molecule has 0 aliphatic carbocycles. The van der Waals surface area contributed by atoms with Crippen LogP contribution in [0.2, 0.25) is 0 Å². The van der Waals surface area contributed by atoms with Gasteiger partial charge in [-0.1, -0.05) is 60.7 Å². The fraction of sp³-hybridized carbons (Fsp3) is 0. The van der Waals surface area contributed by atoms with E-state index < -0.39 is 0 Å². The highest BCUT2D eigenvalue weighted by Crippen LogP contribution is 2.33. The zero-order chi connectivity index (χ0) is 17.2. The number of anilines is 1. The van der Waals surface area contributed by atoms with Gasteiger partial charge in [-0.15, -0.1) is 0 Å². The van der Waals surface area contributed by atoms with Gasteiger partial charge >= 0.3 is 0 Å². The molecule has 4 heteroatoms. The van der Waals surface area contributed by atoms with Crippen molar-refractivity contribution in [1.82, 2.24) is 9.97 Å². The summed E-state index contributed by atoms with van der Waals surface area (Å²) < 4.78 is 0. The van der Waals surface area contributed by atoms with E-state index in [4.69, 9.17) is 12.3 Å². The summed E-state index contributed by atoms with van der Waals surface area (Å²) in [7, 11) is 0. The van der Waals surface area contributed by atoms with Crippen LogP contribution in [0.4, 0.5) is 11.5 Å². The molecule has 1 aromatic heterocycles. The van der Waals surface area contributed by atoms with Gasteiger partial charge in [0.1, 0.15) is 5.82 Å². The maximum absolute atomic E-state index is 7.30. The Morgan fingerprint density at radius 2 is 1.68 bits per heavy atom. The van der Waals surface area contributed by atoms with Gasteiger partial charge in [0, 0.05) is 11.1 Å². The van der Waals surface area contributed by atoms with Crippen molar-refractivity contribution in [2.45, 2.75) is 0 Å². The van der Waals surface area contributed by atoms with Crippen molar-refractivity contribution in [1.29, 1.82) is 0 Å². The largest absolute Gasteiger partial charge is 0.382 e. The highest BCUT2D eigenvalue weighted by Gasteiger charge is 2.12. The normalized spacial score (nSPS) is 10.5. The van der Waals surface area contributed by atoms with Crippen molar-refractivity contribution >= 4 is 22.3 Å². The Morgan fingerprint density at radius 3 is 2.48 bits per heavy atom. The molecule has 4 rings (SSSR count). The quantitative estimate of drug-likeness (QED) is 0.523. The van der Waals surface area contributed by atoms with Crippen LogP contribution in [0.3, 0.4) is 0 Å². The van der Waals surface area contributed by atoms with E-state index >= 15 is 0 Å². The van der Waals surface area contributed by atoms with Crippen LogP contribution in [-0.4, -0.2) is 9.97 Å². The van der Waals surface area contributed by atoms with Crippen LogP contribution in [0, 0.1) is 6.57 Å². The van der Waals surface area contributed by atoms with Crippen molar-refractivity contribution in [3.63, 3.8) is 0 Å². The minimum atomic E-state index is 0.388. The van der Waals surface area contributed by atoms with Gasteiger partial charge in [-0.25, -0.2) is 9.83 Å². The number of aromatic nitrogens is 2. The lowest BCUT2D eigenvalue weighted by Gasteiger charge is -2.10. The van der Waals surface area contributed by atoms with E-state index in [1.54, 1.807) is 6.20 Å². The average Bonchev–Trinajstić information content (AvgIpc) is 2.67. The molecule has 0 radical (unpaired) electrons. The second-order valence-corrected chi connectivity index (χ2v) is 5.68. The summed E-state index contributed by atoms with van der Waals surface area (Å²) in [5, 5.41) is 1.94. The highest BCUT2D eigenvalue weighted by molar-refractivity contribution is 5.97. The molecule has 0 bridgehead atoms. The smallest absolute Gasteiger partial charge is 0.194 e. The number of rotatable bonds is 2. The molecule has 0 atom stereocenters. The van der Waals surface area contributed by atoms with Crippen molar-refractivity contribution in [3.05, 3.63) is 84.3 Å². The molecule has 0 saturated carbocycles. The molecule has 4 aromatic rings. The SMILES string of the molecule is [C-]#[N+]c1cccc2cc(-c3ncc(N)nc3-c3ccccc3)ccc12. The van der Waals surface area contributed by atoms with Gasteiger partial charge in [0.05, 0.1) is 24.2 Å². The van der Waals surface area contributed by atoms with Gasteiger partial charge in [0.15, 0.2) is 5.69 Å². The zero-order valence-electron chi connectivity index (χ0n) is 13.3. The number of benzene rings is 3. The van der Waals surface area contributed by atoms with Crippen LogP contribution in [0.15, 0.2) is 72.9 Å². The Morgan fingerprint density at radius 1 is 0.840 bits per heavy atom. The topological polar surface area (TPSA) is 56.2 Å². The van der Waals surface area contributed by atoms with Gasteiger partial charge < -0.3 is 5.73 Å². The van der Waals surface area contributed by atoms with Gasteiger partial charge in [-0.3, -0.25) is 4.98 Å². The fourth-order valence-corrected chi connectivity index (χ4v) is 2.92. The molecule has 2 N–H and O–H groups in total. The van der Waals surface area contributed by atoms with Crippen molar-refractivity contribution in [2.24, 2.45) is 0 Å². The average molecular weight is 322 g/mol. The molecule has 118 valence electrons. The Hall–Kier alpha value is -3.71. The molecule has 3 aromatic carbocycles. The lowest BCUT2D eigenvalue weighted by atomic mass is 10.0. The second-order valence-electron chi connectivity index (χ2n) is 5.68. The third-order valence-corrected chi connectivity index (χ3v) is 4.09. The van der Waals surface area contributed by atoms with Crippen LogP contribution in [-0.2, 0) is 0 Å². The molecule has 4 nitrogen and oxygen atoms in total. The Bertz CT molecular complexity index is 1110. The van der Waals surface area contributed by atoms with Crippen LogP contribution in [0.5, 0.6) is 0 Å². The monoisotopic (exact) mass is 322 g/mol. The summed E-state index contributed by atoms with van der Waals surface area (Å²) in [6, 6.07) is 21.6. The summed E-state index contributed by atoms with van der Waals surface area (Å²) in [4.78, 5) is 12.6. The van der Waals surface area contributed by atoms with E-state index in [0.29, 0.717) is 11.5 Å². The first kappa shape index (κ1) is 14.9. The van der Waals surface area contributed by atoms with E-state index in [0.717, 1.165) is 33.3 Å². The molecular weight excluding hydrogens is 308 g/mol. The Balaban J connectivity index is 1.94. The second kappa shape index (κ2) is 6.06. The number of nitrogen functional groups attached to an aromatic ring is 1. The van der Waals surface area contributed by atoms with Crippen LogP contribution < -0.4 is 5.73 Å². The van der Waals surface area contributed by atoms with Crippen molar-refractivity contribution in [2.75, 3.05) is 5.73 Å². The molecule has 0 amide bonds. The predicted octanol–water partition coefficient (Wildman–Crippen LogP) is 5.10. The first-order valence-corrected chi connectivity index (χ1v) is 7.85. The maximum atomic E-state index is 7.30. The first-order chi connectivity index (χ1) is 12.3. The van der Waals surface area contributed by atoms with Gasteiger partial charge in [-0.2, -0.15) is 0 Å². The molecule has 0 aliphatic heterocycles. The number of hydrogen-bond acceptors (Lipinski definition) is 3. The summed E-state index contributed by atoms with van der Waals surface area (Å²) >= 11 is 0. The van der Waals surface area contributed by atoms with Crippen molar-refractivity contribution < 1.29 is 0 Å². The summed E-state index contributed by atoms with van der Waals surface area (Å²) in [5.74, 6) is 0.388. The third-order valence-electron chi connectivity index (χ3n) is 4.09. The molecule has 0 unspecified atom stereocenters. The van der Waals surface area contributed by atoms with Crippen LogP contribution >= 0.6 is 0 Å². The molecule has 0 fully saturated rings. The highest BCUT2D eigenvalue weighted by atomic mass is 14.9. The van der Waals surface area contributed by atoms with E-state index in [1.165, 1.54) is 0 Å². The van der Waals surface area contributed by atoms with Crippen LogP contribution in [0.1, 0.15) is 0 Å². The van der Waals surface area contributed by atoms with E-state index in [-0.39, 0.29) is 0 Å². The minimum absolute atomic E-state index is 0.388. The molecule has 0 saturated heterocycles. The minimum Gasteiger partial charge on any atom is -0.382 e. The van der Waals surface area contributed by atoms with Gasteiger partial charge in [0.2, 0.25) is 0 Å². The van der Waals surface area contributed by atoms with Gasteiger partial charge in [0.25, 0.3) is 0 Å². The molecule has 1 heterocycles. The van der Waals surface area contributed by atoms with E-state index in [2.05, 4.69) is 14.8 Å². The van der Waals surface area contributed by atoms with E-state index in [1.807, 2.05) is 66.7 Å². The Kier molecular flexibility index (Phi) is 3.60. The van der Waals surface area contributed by atoms with E-state index in [9.17, 15) is 0 Å². The molecule has 0 spiro atoms. The standard InChI is InChI=1S/C21H14N4/c1-23-18-9-5-8-15-12-16(10-11-17(15)18)20-21(25-19(22)13-24-20)14-6-3-2-4-7-14/h2-13H,(H2,22,25). The van der Waals surface area contributed by atoms with Gasteiger partial charge in [-0.05, 0) is 16.8 Å². The third kappa shape index (κ3) is 2.68. The number of nitrogens with zero attached hydrogens (tertiary/aromatic N) is 3. The lowest BCUT2D eigenvalue weighted by molar-refractivity contribution is 1.22. The van der Waals surface area contributed by atoms with Crippen LogP contribution in [0.25, 0.3) is 38.1 Å². The summed E-state index contributed by atoms with van der Waals surface area (Å²) in [6.07, 6.45) is 1.57. The number of hydrogen-bond donors (Lipinski definition) is 1. The maximum Gasteiger partial charge on any atom is 0.194 e. The predicted molar refractivity (Wildman–Crippen MR) is 101 cm³/mol. The fourth-order valence-electron chi connectivity index (χ4n) is 2.92. The summed E-state index contributed by atoms with van der Waals surface area (Å²) in [5.41, 5.74) is 9.95. The first-order valence-electron chi connectivity index (χ1n) is 7.85.